The van der Waals surface area contributed by atoms with Crippen molar-refractivity contribution < 1.29 is 13.9 Å². The van der Waals surface area contributed by atoms with Crippen LogP contribution in [0, 0.1) is 5.82 Å². The third-order valence-electron chi connectivity index (χ3n) is 2.39. The van der Waals surface area contributed by atoms with Crippen molar-refractivity contribution in [1.29, 1.82) is 0 Å². The molecule has 1 amide bonds. The molecule has 18 heavy (non-hydrogen) atoms. The quantitative estimate of drug-likeness (QED) is 0.695. The number of anilines is 1. The Kier molecular flexibility index (Phi) is 6.79. The van der Waals surface area contributed by atoms with E-state index in [0.29, 0.717) is 31.8 Å². The molecule has 0 heterocycles. The van der Waals surface area contributed by atoms with Crippen molar-refractivity contribution in [2.24, 2.45) is 0 Å². The number of hydrogen-bond acceptors (Lipinski definition) is 3. The van der Waals surface area contributed by atoms with E-state index in [4.69, 9.17) is 4.74 Å². The van der Waals surface area contributed by atoms with Crippen LogP contribution in [-0.2, 0) is 9.53 Å². The molecule has 1 rings (SSSR count). The van der Waals surface area contributed by atoms with Crippen LogP contribution < -0.4 is 10.6 Å². The van der Waals surface area contributed by atoms with Crippen molar-refractivity contribution in [1.82, 2.24) is 5.32 Å². The maximum absolute atomic E-state index is 13.2. The minimum Gasteiger partial charge on any atom is -0.385 e. The van der Waals surface area contributed by atoms with E-state index in [-0.39, 0.29) is 11.7 Å². The number of para-hydroxylation sites is 1. The zero-order chi connectivity index (χ0) is 13.2. The van der Waals surface area contributed by atoms with Gasteiger partial charge in [-0.3, -0.25) is 4.79 Å². The minimum atomic E-state index is -0.307. The standard InChI is InChI=1S/C13H19FN2O2/c1-18-10-4-8-16-13(17)7-9-15-12-6-3-2-5-11(12)14/h2-3,5-6,15H,4,7-10H2,1H3,(H,16,17). The summed E-state index contributed by atoms with van der Waals surface area (Å²) in [5.41, 5.74) is 0.421. The first-order valence-electron chi connectivity index (χ1n) is 5.98. The highest BCUT2D eigenvalue weighted by Crippen LogP contribution is 2.11. The van der Waals surface area contributed by atoms with Crippen LogP contribution in [0.1, 0.15) is 12.8 Å². The Morgan fingerprint density at radius 1 is 1.33 bits per heavy atom. The molecule has 1 aromatic rings. The van der Waals surface area contributed by atoms with Crippen molar-refractivity contribution in [2.75, 3.05) is 32.1 Å². The van der Waals surface area contributed by atoms with Crippen molar-refractivity contribution >= 4 is 11.6 Å². The molecule has 0 fully saturated rings. The van der Waals surface area contributed by atoms with Gasteiger partial charge in [-0.05, 0) is 18.6 Å². The van der Waals surface area contributed by atoms with Gasteiger partial charge in [-0.25, -0.2) is 4.39 Å². The summed E-state index contributed by atoms with van der Waals surface area (Å²) in [6.45, 7) is 1.65. The highest BCUT2D eigenvalue weighted by molar-refractivity contribution is 5.76. The molecule has 0 spiro atoms. The van der Waals surface area contributed by atoms with Crippen LogP contribution in [0.4, 0.5) is 10.1 Å². The molecule has 1 aromatic carbocycles. The van der Waals surface area contributed by atoms with E-state index in [9.17, 15) is 9.18 Å². The molecule has 5 heteroatoms. The largest absolute Gasteiger partial charge is 0.385 e. The van der Waals surface area contributed by atoms with Gasteiger partial charge < -0.3 is 15.4 Å². The van der Waals surface area contributed by atoms with Gasteiger partial charge in [-0.2, -0.15) is 0 Å². The monoisotopic (exact) mass is 254 g/mol. The van der Waals surface area contributed by atoms with Crippen LogP contribution in [0.3, 0.4) is 0 Å². The van der Waals surface area contributed by atoms with Gasteiger partial charge in [-0.15, -0.1) is 0 Å². The third-order valence-corrected chi connectivity index (χ3v) is 2.39. The van der Waals surface area contributed by atoms with E-state index >= 15 is 0 Å². The maximum atomic E-state index is 13.2. The topological polar surface area (TPSA) is 50.4 Å². The molecule has 0 saturated carbocycles. The Hall–Kier alpha value is -1.62. The first-order valence-corrected chi connectivity index (χ1v) is 5.98. The van der Waals surface area contributed by atoms with Gasteiger partial charge in [0.1, 0.15) is 5.82 Å². The molecular formula is C13H19FN2O2. The average Bonchev–Trinajstić information content (AvgIpc) is 2.37. The molecular weight excluding hydrogens is 235 g/mol. The normalized spacial score (nSPS) is 10.1. The minimum absolute atomic E-state index is 0.0463. The molecule has 0 aliphatic carbocycles. The Morgan fingerprint density at radius 3 is 2.83 bits per heavy atom. The number of rotatable bonds is 8. The number of carbonyl (C=O) groups excluding carboxylic acids is 1. The summed E-state index contributed by atoms with van der Waals surface area (Å²) in [6, 6.07) is 6.40. The second-order valence-corrected chi connectivity index (χ2v) is 3.85. The SMILES string of the molecule is COCCCNC(=O)CCNc1ccccc1F. The van der Waals surface area contributed by atoms with Gasteiger partial charge in [0.05, 0.1) is 5.69 Å². The lowest BCUT2D eigenvalue weighted by molar-refractivity contribution is -0.120. The maximum Gasteiger partial charge on any atom is 0.221 e. The van der Waals surface area contributed by atoms with E-state index < -0.39 is 0 Å². The van der Waals surface area contributed by atoms with E-state index in [1.54, 1.807) is 25.3 Å². The molecule has 100 valence electrons. The number of ether oxygens (including phenoxy) is 1. The van der Waals surface area contributed by atoms with E-state index in [0.717, 1.165) is 6.42 Å². The van der Waals surface area contributed by atoms with Gasteiger partial charge in [0.15, 0.2) is 0 Å². The van der Waals surface area contributed by atoms with Gasteiger partial charge in [0, 0.05) is 33.2 Å². The summed E-state index contributed by atoms with van der Waals surface area (Å²) in [7, 11) is 1.63. The second kappa shape index (κ2) is 8.47. The molecule has 4 nitrogen and oxygen atoms in total. The number of amides is 1. The summed E-state index contributed by atoms with van der Waals surface area (Å²) in [4.78, 5) is 11.4. The van der Waals surface area contributed by atoms with Gasteiger partial charge in [-0.1, -0.05) is 12.1 Å². The van der Waals surface area contributed by atoms with Crippen LogP contribution in [0.5, 0.6) is 0 Å². The van der Waals surface area contributed by atoms with Gasteiger partial charge in [0.25, 0.3) is 0 Å². The molecule has 0 unspecified atom stereocenters. The smallest absolute Gasteiger partial charge is 0.221 e. The lowest BCUT2D eigenvalue weighted by Gasteiger charge is -2.08. The first kappa shape index (κ1) is 14.4. The number of nitrogens with one attached hydrogen (secondary N) is 2. The first-order chi connectivity index (χ1) is 8.74. The van der Waals surface area contributed by atoms with Gasteiger partial charge in [0.2, 0.25) is 5.91 Å². The van der Waals surface area contributed by atoms with Crippen LogP contribution in [0.2, 0.25) is 0 Å². The Bertz CT molecular complexity index is 372. The van der Waals surface area contributed by atoms with Crippen molar-refractivity contribution in [2.45, 2.75) is 12.8 Å². The average molecular weight is 254 g/mol. The molecule has 0 aliphatic heterocycles. The third kappa shape index (κ3) is 5.63. The number of carbonyl (C=O) groups is 1. The molecule has 0 radical (unpaired) electrons. The molecule has 2 N–H and O–H groups in total. The molecule has 0 aliphatic rings. The van der Waals surface area contributed by atoms with E-state index in [2.05, 4.69) is 10.6 Å². The van der Waals surface area contributed by atoms with Gasteiger partial charge >= 0.3 is 0 Å². The number of methoxy groups -OCH3 is 1. The fourth-order valence-corrected chi connectivity index (χ4v) is 1.45. The summed E-state index contributed by atoms with van der Waals surface area (Å²) in [6.07, 6.45) is 1.12. The zero-order valence-corrected chi connectivity index (χ0v) is 10.5. The summed E-state index contributed by atoms with van der Waals surface area (Å²) in [5.74, 6) is -0.354. The molecule has 0 saturated heterocycles. The van der Waals surface area contributed by atoms with Crippen LogP contribution in [0.25, 0.3) is 0 Å². The molecule has 0 aromatic heterocycles. The lowest BCUT2D eigenvalue weighted by Crippen LogP contribution is -2.27. The Morgan fingerprint density at radius 2 is 2.11 bits per heavy atom. The van der Waals surface area contributed by atoms with Crippen LogP contribution in [-0.4, -0.2) is 32.7 Å². The van der Waals surface area contributed by atoms with Crippen molar-refractivity contribution in [3.05, 3.63) is 30.1 Å². The number of benzene rings is 1. The summed E-state index contributed by atoms with van der Waals surface area (Å²) < 4.78 is 18.1. The van der Waals surface area contributed by atoms with E-state index in [1.807, 2.05) is 0 Å². The Labute approximate surface area is 107 Å². The Balaban J connectivity index is 2.14. The predicted molar refractivity (Wildman–Crippen MR) is 69.0 cm³/mol. The fraction of sp³-hybridized carbons (Fsp3) is 0.462. The summed E-state index contributed by atoms with van der Waals surface area (Å²) >= 11 is 0. The zero-order valence-electron chi connectivity index (χ0n) is 10.5. The number of halogens is 1. The van der Waals surface area contributed by atoms with Crippen LogP contribution >= 0.6 is 0 Å². The second-order valence-electron chi connectivity index (χ2n) is 3.85. The summed E-state index contributed by atoms with van der Waals surface area (Å²) in [5, 5.41) is 5.65. The fourth-order valence-electron chi connectivity index (χ4n) is 1.45. The van der Waals surface area contributed by atoms with E-state index in [1.165, 1.54) is 6.07 Å². The van der Waals surface area contributed by atoms with Crippen molar-refractivity contribution in [3.8, 4) is 0 Å². The highest BCUT2D eigenvalue weighted by Gasteiger charge is 2.02. The van der Waals surface area contributed by atoms with Crippen LogP contribution in [0.15, 0.2) is 24.3 Å². The molecule has 0 atom stereocenters. The highest BCUT2D eigenvalue weighted by atomic mass is 19.1. The molecule has 0 bridgehead atoms. The number of hydrogen-bond donors (Lipinski definition) is 2. The predicted octanol–water partition coefficient (Wildman–Crippen LogP) is 1.78. The van der Waals surface area contributed by atoms with Crippen molar-refractivity contribution in [3.63, 3.8) is 0 Å². The lowest BCUT2D eigenvalue weighted by atomic mass is 10.3.